The van der Waals surface area contributed by atoms with Gasteiger partial charge in [0.05, 0.1) is 5.41 Å². The van der Waals surface area contributed by atoms with Crippen LogP contribution in [0.4, 0.5) is 0 Å². The molecular weight excluding hydrogens is 144 g/mol. The third kappa shape index (κ3) is 0.800. The van der Waals surface area contributed by atoms with Crippen LogP contribution in [0.1, 0.15) is 25.7 Å². The zero-order valence-corrected chi connectivity index (χ0v) is 6.17. The molecule has 0 aromatic carbocycles. The molecule has 0 spiro atoms. The van der Waals surface area contributed by atoms with Gasteiger partial charge in [0.1, 0.15) is 5.78 Å². The summed E-state index contributed by atoms with van der Waals surface area (Å²) in [6.45, 7) is 0. The molecular formula is C8H10O3. The number of aliphatic carboxylic acids is 1. The second kappa shape index (κ2) is 1.84. The third-order valence-corrected chi connectivity index (χ3v) is 2.81. The van der Waals surface area contributed by atoms with Crippen LogP contribution in [0.15, 0.2) is 0 Å². The van der Waals surface area contributed by atoms with E-state index in [1.165, 1.54) is 0 Å². The van der Waals surface area contributed by atoms with Crippen LogP contribution in [0.5, 0.6) is 0 Å². The lowest BCUT2D eigenvalue weighted by molar-refractivity contribution is -0.162. The number of hydrogen-bond donors (Lipinski definition) is 1. The molecule has 2 rings (SSSR count). The van der Waals surface area contributed by atoms with E-state index in [2.05, 4.69) is 0 Å². The summed E-state index contributed by atoms with van der Waals surface area (Å²) in [7, 11) is 0. The largest absolute Gasteiger partial charge is 0.481 e. The Balaban J connectivity index is 2.15. The van der Waals surface area contributed by atoms with E-state index < -0.39 is 11.4 Å². The first-order valence-corrected chi connectivity index (χ1v) is 3.90. The van der Waals surface area contributed by atoms with E-state index in [0.29, 0.717) is 5.92 Å². The minimum absolute atomic E-state index is 0.110. The summed E-state index contributed by atoms with van der Waals surface area (Å²) < 4.78 is 0. The molecule has 2 aliphatic carbocycles. The number of carbonyl (C=O) groups is 2. The summed E-state index contributed by atoms with van der Waals surface area (Å²) in [6, 6.07) is 0. The highest BCUT2D eigenvalue weighted by molar-refractivity contribution is 5.97. The fourth-order valence-corrected chi connectivity index (χ4v) is 1.90. The molecule has 3 nitrogen and oxygen atoms in total. The Morgan fingerprint density at radius 1 is 1.45 bits per heavy atom. The van der Waals surface area contributed by atoms with Gasteiger partial charge in [-0.15, -0.1) is 0 Å². The molecule has 0 bridgehead atoms. The van der Waals surface area contributed by atoms with Gasteiger partial charge in [-0.1, -0.05) is 0 Å². The topological polar surface area (TPSA) is 54.4 Å². The van der Waals surface area contributed by atoms with Crippen LogP contribution < -0.4 is 0 Å². The molecule has 2 saturated carbocycles. The average molecular weight is 154 g/mol. The molecule has 11 heavy (non-hydrogen) atoms. The highest BCUT2D eigenvalue weighted by Gasteiger charge is 2.58. The fourth-order valence-electron chi connectivity index (χ4n) is 1.90. The normalized spacial score (nSPS) is 27.8. The van der Waals surface area contributed by atoms with E-state index in [1.54, 1.807) is 0 Å². The van der Waals surface area contributed by atoms with Gasteiger partial charge >= 0.3 is 5.97 Å². The van der Waals surface area contributed by atoms with Gasteiger partial charge in [-0.05, 0) is 18.8 Å². The molecule has 0 heterocycles. The summed E-state index contributed by atoms with van der Waals surface area (Å²) in [5, 5.41) is 8.86. The van der Waals surface area contributed by atoms with E-state index in [1.807, 2.05) is 0 Å². The van der Waals surface area contributed by atoms with Crippen LogP contribution in [-0.2, 0) is 9.59 Å². The van der Waals surface area contributed by atoms with E-state index in [-0.39, 0.29) is 18.6 Å². The molecule has 0 atom stereocenters. The van der Waals surface area contributed by atoms with E-state index >= 15 is 0 Å². The number of ketones is 1. The van der Waals surface area contributed by atoms with Crippen LogP contribution in [0, 0.1) is 11.3 Å². The standard InChI is InChI=1S/C8H10O3/c9-6-3-8(4-6,7(10)11)5-1-2-5/h5H,1-4H2,(H,10,11). The van der Waals surface area contributed by atoms with Crippen molar-refractivity contribution >= 4 is 11.8 Å². The summed E-state index contributed by atoms with van der Waals surface area (Å²) >= 11 is 0. The Kier molecular flexibility index (Phi) is 1.14. The Bertz CT molecular complexity index is 219. The zero-order chi connectivity index (χ0) is 8.06. The Morgan fingerprint density at radius 3 is 2.27 bits per heavy atom. The lowest BCUT2D eigenvalue weighted by atomic mass is 9.64. The van der Waals surface area contributed by atoms with Crippen molar-refractivity contribution in [2.45, 2.75) is 25.7 Å². The molecule has 0 aromatic rings. The van der Waals surface area contributed by atoms with Crippen molar-refractivity contribution in [1.82, 2.24) is 0 Å². The van der Waals surface area contributed by atoms with Crippen molar-refractivity contribution in [3.63, 3.8) is 0 Å². The molecule has 1 N–H and O–H groups in total. The van der Waals surface area contributed by atoms with Crippen LogP contribution in [0.25, 0.3) is 0 Å². The number of carbonyl (C=O) groups excluding carboxylic acids is 1. The van der Waals surface area contributed by atoms with Gasteiger partial charge in [0.25, 0.3) is 0 Å². The van der Waals surface area contributed by atoms with E-state index in [4.69, 9.17) is 5.11 Å². The maximum absolute atomic E-state index is 10.8. The van der Waals surface area contributed by atoms with Crippen molar-refractivity contribution < 1.29 is 14.7 Å². The van der Waals surface area contributed by atoms with Crippen LogP contribution >= 0.6 is 0 Å². The first kappa shape index (κ1) is 6.83. The quantitative estimate of drug-likeness (QED) is 0.641. The molecule has 2 fully saturated rings. The molecule has 0 saturated heterocycles. The van der Waals surface area contributed by atoms with Crippen molar-refractivity contribution in [2.75, 3.05) is 0 Å². The molecule has 0 aliphatic heterocycles. The lowest BCUT2D eigenvalue weighted by Crippen LogP contribution is -2.46. The Hall–Kier alpha value is -0.860. The number of rotatable bonds is 2. The third-order valence-electron chi connectivity index (χ3n) is 2.81. The summed E-state index contributed by atoms with van der Waals surface area (Å²) in [5.41, 5.74) is -0.628. The first-order valence-electron chi connectivity index (χ1n) is 3.90. The van der Waals surface area contributed by atoms with Crippen molar-refractivity contribution in [3.8, 4) is 0 Å². The minimum atomic E-state index is -0.764. The monoisotopic (exact) mass is 154 g/mol. The second-order valence-corrected chi connectivity index (χ2v) is 3.63. The van der Waals surface area contributed by atoms with Gasteiger partial charge in [0.15, 0.2) is 0 Å². The molecule has 0 aromatic heterocycles. The summed E-state index contributed by atoms with van der Waals surface area (Å²) in [5.74, 6) is -0.350. The SMILES string of the molecule is O=C1CC(C(=O)O)(C2CC2)C1. The Morgan fingerprint density at radius 2 is 2.00 bits per heavy atom. The Labute approximate surface area is 64.4 Å². The van der Waals surface area contributed by atoms with Crippen molar-refractivity contribution in [3.05, 3.63) is 0 Å². The fraction of sp³-hybridized carbons (Fsp3) is 0.750. The second-order valence-electron chi connectivity index (χ2n) is 3.63. The highest BCUT2D eigenvalue weighted by Crippen LogP contribution is 2.55. The van der Waals surface area contributed by atoms with Gasteiger partial charge in [-0.2, -0.15) is 0 Å². The van der Waals surface area contributed by atoms with Crippen molar-refractivity contribution in [2.24, 2.45) is 11.3 Å². The van der Waals surface area contributed by atoms with Gasteiger partial charge in [-0.25, -0.2) is 0 Å². The predicted molar refractivity (Wildman–Crippen MR) is 37.0 cm³/mol. The smallest absolute Gasteiger partial charge is 0.310 e. The first-order chi connectivity index (χ1) is 5.15. The lowest BCUT2D eigenvalue weighted by Gasteiger charge is -2.36. The van der Waals surface area contributed by atoms with Gasteiger partial charge in [0, 0.05) is 12.8 Å². The number of hydrogen-bond acceptors (Lipinski definition) is 2. The van der Waals surface area contributed by atoms with Crippen LogP contribution in [0.2, 0.25) is 0 Å². The number of carboxylic acids is 1. The maximum Gasteiger partial charge on any atom is 0.310 e. The predicted octanol–water partition coefficient (Wildman–Crippen LogP) is 0.830. The van der Waals surface area contributed by atoms with Gasteiger partial charge < -0.3 is 5.11 Å². The minimum Gasteiger partial charge on any atom is -0.481 e. The van der Waals surface area contributed by atoms with Crippen molar-refractivity contribution in [1.29, 1.82) is 0 Å². The summed E-state index contributed by atoms with van der Waals surface area (Å²) in [6.07, 6.45) is 2.57. The van der Waals surface area contributed by atoms with Gasteiger partial charge in [-0.3, -0.25) is 9.59 Å². The number of Topliss-reactive ketones (excluding diaryl/α,β-unsaturated/α-hetero) is 1. The maximum atomic E-state index is 10.8. The molecule has 0 amide bonds. The van der Waals surface area contributed by atoms with Crippen LogP contribution in [0.3, 0.4) is 0 Å². The van der Waals surface area contributed by atoms with Gasteiger partial charge in [0.2, 0.25) is 0 Å². The molecule has 0 unspecified atom stereocenters. The number of carboxylic acid groups (broad SMARTS) is 1. The zero-order valence-electron chi connectivity index (χ0n) is 6.17. The summed E-state index contributed by atoms with van der Waals surface area (Å²) in [4.78, 5) is 21.5. The average Bonchev–Trinajstić information content (AvgIpc) is 2.60. The molecule has 0 radical (unpaired) electrons. The van der Waals surface area contributed by atoms with Crippen LogP contribution in [-0.4, -0.2) is 16.9 Å². The molecule has 2 aliphatic rings. The molecule has 60 valence electrons. The highest BCUT2D eigenvalue weighted by atomic mass is 16.4. The van der Waals surface area contributed by atoms with E-state index in [9.17, 15) is 9.59 Å². The van der Waals surface area contributed by atoms with E-state index in [0.717, 1.165) is 12.8 Å². The molecule has 3 heteroatoms.